The lowest BCUT2D eigenvalue weighted by Gasteiger charge is -2.20. The summed E-state index contributed by atoms with van der Waals surface area (Å²) in [6, 6.07) is 23.8. The van der Waals surface area contributed by atoms with E-state index in [-0.39, 0.29) is 17.4 Å². The fraction of sp³-hybridized carbons (Fsp3) is 0.296. The highest BCUT2D eigenvalue weighted by Gasteiger charge is 2.21. The largest absolute Gasteiger partial charge is 0.481 e. The van der Waals surface area contributed by atoms with E-state index in [0.717, 1.165) is 30.4 Å². The van der Waals surface area contributed by atoms with Gasteiger partial charge in [-0.25, -0.2) is 13.1 Å². The minimum absolute atomic E-state index is 0.132. The summed E-state index contributed by atoms with van der Waals surface area (Å²) in [5, 5.41) is 9.31. The molecular formula is C27H30ClNO4S. The molecule has 3 aromatic carbocycles. The number of aryl methyl sites for hydroxylation is 2. The number of nitrogens with one attached hydrogen (secondary N) is 1. The van der Waals surface area contributed by atoms with Crippen molar-refractivity contribution in [2.75, 3.05) is 0 Å². The summed E-state index contributed by atoms with van der Waals surface area (Å²) in [4.78, 5) is 10.9. The number of hydrogen-bond acceptors (Lipinski definition) is 3. The van der Waals surface area contributed by atoms with Crippen LogP contribution in [0, 0.1) is 0 Å². The van der Waals surface area contributed by atoms with Gasteiger partial charge in [0, 0.05) is 17.5 Å². The first kappa shape index (κ1) is 25.9. The predicted octanol–water partition coefficient (Wildman–Crippen LogP) is 6.18. The smallest absolute Gasteiger partial charge is 0.303 e. The molecular weight excluding hydrogens is 470 g/mol. The Morgan fingerprint density at radius 1 is 0.824 bits per heavy atom. The second-order valence-corrected chi connectivity index (χ2v) is 10.5. The number of benzene rings is 3. The standard InChI is InChI=1S/C27H30ClNO4S/c28-24-17-19-25(20-18-24)34(32,33)29-26(11-5-4-9-21-7-2-1-3-8-21)23-15-13-22(14-16-23)10-6-12-27(30)31/h1-3,7-8,13-20,26,29H,4-6,9-12H2,(H,30,31). The number of carbonyl (C=O) groups is 1. The summed E-state index contributed by atoms with van der Waals surface area (Å²) < 4.78 is 29.0. The Hall–Kier alpha value is -2.67. The van der Waals surface area contributed by atoms with Crippen molar-refractivity contribution in [3.63, 3.8) is 0 Å². The van der Waals surface area contributed by atoms with Crippen molar-refractivity contribution < 1.29 is 18.3 Å². The van der Waals surface area contributed by atoms with E-state index in [1.807, 2.05) is 42.5 Å². The Kier molecular flexibility index (Phi) is 9.69. The summed E-state index contributed by atoms with van der Waals surface area (Å²) in [7, 11) is -3.72. The number of aliphatic carboxylic acids is 1. The van der Waals surface area contributed by atoms with Gasteiger partial charge in [-0.05, 0) is 73.1 Å². The van der Waals surface area contributed by atoms with Gasteiger partial charge >= 0.3 is 5.97 Å². The lowest BCUT2D eigenvalue weighted by molar-refractivity contribution is -0.137. The van der Waals surface area contributed by atoms with Crippen LogP contribution in [0.4, 0.5) is 0 Å². The summed E-state index contributed by atoms with van der Waals surface area (Å²) >= 11 is 5.92. The molecule has 0 bridgehead atoms. The lowest BCUT2D eigenvalue weighted by atomic mass is 9.98. The molecule has 0 heterocycles. The van der Waals surface area contributed by atoms with E-state index in [2.05, 4.69) is 16.9 Å². The van der Waals surface area contributed by atoms with Crippen LogP contribution in [0.3, 0.4) is 0 Å². The molecule has 0 aliphatic heterocycles. The number of hydrogen-bond donors (Lipinski definition) is 2. The molecule has 0 aliphatic carbocycles. The molecule has 0 saturated heterocycles. The molecule has 5 nitrogen and oxygen atoms in total. The number of carboxylic acids is 1. The van der Waals surface area contributed by atoms with Gasteiger partial charge in [0.15, 0.2) is 0 Å². The van der Waals surface area contributed by atoms with Gasteiger partial charge in [0.1, 0.15) is 0 Å². The Morgan fingerprint density at radius 2 is 1.44 bits per heavy atom. The highest BCUT2D eigenvalue weighted by Crippen LogP contribution is 2.25. The van der Waals surface area contributed by atoms with Crippen molar-refractivity contribution in [1.29, 1.82) is 0 Å². The molecule has 0 aliphatic rings. The molecule has 3 aromatic rings. The topological polar surface area (TPSA) is 83.5 Å². The molecule has 2 N–H and O–H groups in total. The van der Waals surface area contributed by atoms with Gasteiger partial charge in [-0.2, -0.15) is 0 Å². The first-order chi connectivity index (χ1) is 16.3. The molecule has 180 valence electrons. The number of unbranched alkanes of at least 4 members (excludes halogenated alkanes) is 1. The van der Waals surface area contributed by atoms with Gasteiger partial charge in [0.25, 0.3) is 0 Å². The average molecular weight is 500 g/mol. The van der Waals surface area contributed by atoms with Crippen molar-refractivity contribution in [2.24, 2.45) is 0 Å². The Bertz CT molecular complexity index is 1150. The zero-order valence-electron chi connectivity index (χ0n) is 19.0. The van der Waals surface area contributed by atoms with Crippen LogP contribution in [0.25, 0.3) is 0 Å². The fourth-order valence-corrected chi connectivity index (χ4v) is 5.23. The summed E-state index contributed by atoms with van der Waals surface area (Å²) in [6.45, 7) is 0. The molecule has 7 heteroatoms. The van der Waals surface area contributed by atoms with Crippen LogP contribution in [0.15, 0.2) is 83.8 Å². The molecule has 0 spiro atoms. The average Bonchev–Trinajstić information content (AvgIpc) is 2.82. The Balaban J connectivity index is 1.70. The Morgan fingerprint density at radius 3 is 2.09 bits per heavy atom. The van der Waals surface area contributed by atoms with E-state index in [1.165, 1.54) is 17.7 Å². The number of carboxylic acid groups (broad SMARTS) is 1. The van der Waals surface area contributed by atoms with Crippen LogP contribution < -0.4 is 4.72 Å². The third-order valence-corrected chi connectivity index (χ3v) is 7.45. The molecule has 34 heavy (non-hydrogen) atoms. The highest BCUT2D eigenvalue weighted by atomic mass is 35.5. The second-order valence-electron chi connectivity index (χ2n) is 8.35. The van der Waals surface area contributed by atoms with Crippen LogP contribution in [0.5, 0.6) is 0 Å². The molecule has 0 fully saturated rings. The van der Waals surface area contributed by atoms with Gasteiger partial charge < -0.3 is 5.11 Å². The molecule has 1 unspecified atom stereocenters. The lowest BCUT2D eigenvalue weighted by Crippen LogP contribution is -2.28. The summed E-state index contributed by atoms with van der Waals surface area (Å²) in [5.74, 6) is -0.802. The molecule has 0 aromatic heterocycles. The summed E-state index contributed by atoms with van der Waals surface area (Å²) in [5.41, 5.74) is 3.19. The quantitative estimate of drug-likeness (QED) is 0.275. The molecule has 3 rings (SSSR count). The zero-order chi connectivity index (χ0) is 24.4. The predicted molar refractivity (Wildman–Crippen MR) is 136 cm³/mol. The third kappa shape index (κ3) is 8.28. The van der Waals surface area contributed by atoms with Gasteiger partial charge in [0.2, 0.25) is 10.0 Å². The second kappa shape index (κ2) is 12.7. The van der Waals surface area contributed by atoms with Crippen molar-refractivity contribution in [1.82, 2.24) is 4.72 Å². The SMILES string of the molecule is O=C(O)CCCc1ccc(C(CCCCc2ccccc2)NS(=O)(=O)c2ccc(Cl)cc2)cc1. The maximum Gasteiger partial charge on any atom is 0.303 e. The van der Waals surface area contributed by atoms with Crippen LogP contribution in [0.2, 0.25) is 5.02 Å². The van der Waals surface area contributed by atoms with Gasteiger partial charge in [-0.15, -0.1) is 0 Å². The van der Waals surface area contributed by atoms with Crippen molar-refractivity contribution in [3.05, 3.63) is 101 Å². The Labute approximate surface area is 206 Å². The minimum Gasteiger partial charge on any atom is -0.481 e. The van der Waals surface area contributed by atoms with Gasteiger partial charge in [0.05, 0.1) is 4.90 Å². The van der Waals surface area contributed by atoms with E-state index in [9.17, 15) is 13.2 Å². The van der Waals surface area contributed by atoms with Crippen LogP contribution in [-0.2, 0) is 27.7 Å². The first-order valence-electron chi connectivity index (χ1n) is 11.5. The van der Waals surface area contributed by atoms with Crippen molar-refractivity contribution >= 4 is 27.6 Å². The number of rotatable bonds is 13. The van der Waals surface area contributed by atoms with Crippen molar-refractivity contribution in [3.8, 4) is 0 Å². The third-order valence-electron chi connectivity index (χ3n) is 5.71. The fourth-order valence-electron chi connectivity index (χ4n) is 3.85. The zero-order valence-corrected chi connectivity index (χ0v) is 20.6. The summed E-state index contributed by atoms with van der Waals surface area (Å²) in [6.07, 6.45) is 4.80. The molecule has 1 atom stereocenters. The van der Waals surface area contributed by atoms with Crippen molar-refractivity contribution in [2.45, 2.75) is 55.9 Å². The minimum atomic E-state index is -3.72. The van der Waals surface area contributed by atoms with Gasteiger partial charge in [-0.3, -0.25) is 4.79 Å². The molecule has 0 saturated carbocycles. The van der Waals surface area contributed by atoms with E-state index in [0.29, 0.717) is 24.3 Å². The van der Waals surface area contributed by atoms with E-state index >= 15 is 0 Å². The number of halogens is 1. The maximum atomic E-state index is 13.0. The van der Waals surface area contributed by atoms with Crippen LogP contribution in [-0.4, -0.2) is 19.5 Å². The maximum absolute atomic E-state index is 13.0. The van der Waals surface area contributed by atoms with Gasteiger partial charge in [-0.1, -0.05) is 72.6 Å². The van der Waals surface area contributed by atoms with E-state index in [4.69, 9.17) is 16.7 Å². The van der Waals surface area contributed by atoms with Crippen LogP contribution >= 0.6 is 11.6 Å². The normalized spacial score (nSPS) is 12.4. The number of sulfonamides is 1. The molecule has 0 radical (unpaired) electrons. The monoisotopic (exact) mass is 499 g/mol. The van der Waals surface area contributed by atoms with E-state index < -0.39 is 16.0 Å². The van der Waals surface area contributed by atoms with Crippen LogP contribution in [0.1, 0.15) is 54.8 Å². The highest BCUT2D eigenvalue weighted by molar-refractivity contribution is 7.89. The first-order valence-corrected chi connectivity index (χ1v) is 13.3. The molecule has 0 amide bonds. The van der Waals surface area contributed by atoms with E-state index in [1.54, 1.807) is 12.1 Å².